The maximum absolute atomic E-state index is 12.3. The molecule has 0 spiro atoms. The number of carbonyl (C=O) groups is 1. The summed E-state index contributed by atoms with van der Waals surface area (Å²) in [5.74, 6) is 2.56. The normalized spacial score (nSPS) is 16.0. The van der Waals surface area contributed by atoms with Crippen molar-refractivity contribution in [3.63, 3.8) is 0 Å². The van der Waals surface area contributed by atoms with Crippen LogP contribution in [-0.2, 0) is 9.53 Å². The van der Waals surface area contributed by atoms with Crippen molar-refractivity contribution in [3.8, 4) is 5.75 Å². The smallest absolute Gasteiger partial charge is 0.223 e. The van der Waals surface area contributed by atoms with Crippen LogP contribution in [0.1, 0.15) is 35.1 Å². The zero-order valence-electron chi connectivity index (χ0n) is 17.0. The highest BCUT2D eigenvalue weighted by Crippen LogP contribution is 2.23. The van der Waals surface area contributed by atoms with Crippen LogP contribution in [0.25, 0.3) is 0 Å². The Balaban J connectivity index is 1.50. The van der Waals surface area contributed by atoms with E-state index in [4.69, 9.17) is 13.9 Å². The standard InChI is InChI=1S/C22H30N2O4/c1-16-4-6-20(17(2)14-16)27-11-8-22(25)23-15-19(21-7-5-18(3)28-21)24-9-12-26-13-10-24/h4-7,14,19H,8-13,15H2,1-3H3,(H,23,25). The second-order valence-electron chi connectivity index (χ2n) is 7.28. The number of amides is 1. The van der Waals surface area contributed by atoms with E-state index in [0.717, 1.165) is 35.9 Å². The summed E-state index contributed by atoms with van der Waals surface area (Å²) in [4.78, 5) is 14.6. The first-order chi connectivity index (χ1) is 13.5. The van der Waals surface area contributed by atoms with Crippen LogP contribution in [0.4, 0.5) is 0 Å². The monoisotopic (exact) mass is 386 g/mol. The van der Waals surface area contributed by atoms with Crippen molar-refractivity contribution in [1.82, 2.24) is 10.2 Å². The summed E-state index contributed by atoms with van der Waals surface area (Å²) in [5.41, 5.74) is 2.28. The van der Waals surface area contributed by atoms with E-state index in [2.05, 4.69) is 23.2 Å². The molecule has 0 bridgehead atoms. The van der Waals surface area contributed by atoms with Crippen molar-refractivity contribution in [2.75, 3.05) is 39.5 Å². The molecule has 1 aliphatic heterocycles. The molecule has 28 heavy (non-hydrogen) atoms. The molecule has 6 nitrogen and oxygen atoms in total. The minimum absolute atomic E-state index is 0.0156. The summed E-state index contributed by atoms with van der Waals surface area (Å²) >= 11 is 0. The van der Waals surface area contributed by atoms with Crippen LogP contribution in [0, 0.1) is 20.8 Å². The van der Waals surface area contributed by atoms with E-state index in [1.807, 2.05) is 38.1 Å². The number of carbonyl (C=O) groups excluding carboxylic acids is 1. The third-order valence-corrected chi connectivity index (χ3v) is 4.99. The van der Waals surface area contributed by atoms with Crippen molar-refractivity contribution < 1.29 is 18.7 Å². The number of ether oxygens (including phenoxy) is 2. The summed E-state index contributed by atoms with van der Waals surface area (Å²) in [6, 6.07) is 10.0. The van der Waals surface area contributed by atoms with Gasteiger partial charge in [-0.15, -0.1) is 0 Å². The summed E-state index contributed by atoms with van der Waals surface area (Å²) in [5, 5.41) is 3.04. The van der Waals surface area contributed by atoms with E-state index >= 15 is 0 Å². The highest BCUT2D eigenvalue weighted by Gasteiger charge is 2.25. The van der Waals surface area contributed by atoms with Gasteiger partial charge < -0.3 is 19.2 Å². The van der Waals surface area contributed by atoms with Gasteiger partial charge in [0.1, 0.15) is 17.3 Å². The maximum Gasteiger partial charge on any atom is 0.223 e. The summed E-state index contributed by atoms with van der Waals surface area (Å²) in [7, 11) is 0. The van der Waals surface area contributed by atoms with Crippen LogP contribution >= 0.6 is 0 Å². The van der Waals surface area contributed by atoms with Crippen LogP contribution in [0.3, 0.4) is 0 Å². The zero-order chi connectivity index (χ0) is 19.9. The molecule has 1 N–H and O–H groups in total. The lowest BCUT2D eigenvalue weighted by atomic mass is 10.1. The van der Waals surface area contributed by atoms with E-state index in [0.29, 0.717) is 32.8 Å². The maximum atomic E-state index is 12.3. The molecule has 1 saturated heterocycles. The molecule has 1 amide bonds. The SMILES string of the molecule is Cc1ccc(OCCC(=O)NCC(c2ccc(C)o2)N2CCOCC2)c(C)c1. The number of aryl methyl sites for hydroxylation is 3. The molecule has 1 aliphatic rings. The highest BCUT2D eigenvalue weighted by atomic mass is 16.5. The minimum Gasteiger partial charge on any atom is -0.493 e. The number of nitrogens with one attached hydrogen (secondary N) is 1. The third-order valence-electron chi connectivity index (χ3n) is 4.99. The van der Waals surface area contributed by atoms with Gasteiger partial charge in [-0.1, -0.05) is 17.7 Å². The Hall–Kier alpha value is -2.31. The Morgan fingerprint density at radius 1 is 1.18 bits per heavy atom. The molecule has 152 valence electrons. The second kappa shape index (κ2) is 9.75. The second-order valence-corrected chi connectivity index (χ2v) is 7.28. The Morgan fingerprint density at radius 3 is 2.64 bits per heavy atom. The van der Waals surface area contributed by atoms with Gasteiger partial charge in [-0.3, -0.25) is 9.69 Å². The Kier molecular flexibility index (Phi) is 7.12. The number of hydrogen-bond donors (Lipinski definition) is 1. The molecule has 1 unspecified atom stereocenters. The highest BCUT2D eigenvalue weighted by molar-refractivity contribution is 5.76. The van der Waals surface area contributed by atoms with Crippen molar-refractivity contribution in [1.29, 1.82) is 0 Å². The fourth-order valence-electron chi connectivity index (χ4n) is 3.45. The molecule has 2 heterocycles. The van der Waals surface area contributed by atoms with Crippen LogP contribution in [0.2, 0.25) is 0 Å². The molecule has 2 aromatic rings. The Labute approximate surface area is 166 Å². The number of benzene rings is 1. The fraction of sp³-hybridized carbons (Fsp3) is 0.500. The summed E-state index contributed by atoms with van der Waals surface area (Å²) < 4.78 is 17.1. The number of rotatable bonds is 8. The Morgan fingerprint density at radius 2 is 1.96 bits per heavy atom. The van der Waals surface area contributed by atoms with Crippen molar-refractivity contribution in [2.45, 2.75) is 33.2 Å². The molecule has 3 rings (SSSR count). The van der Waals surface area contributed by atoms with Gasteiger partial charge in [0.25, 0.3) is 0 Å². The molecule has 1 aromatic heterocycles. The number of morpholine rings is 1. The predicted molar refractivity (Wildman–Crippen MR) is 108 cm³/mol. The van der Waals surface area contributed by atoms with Crippen LogP contribution in [-0.4, -0.2) is 50.3 Å². The summed E-state index contributed by atoms with van der Waals surface area (Å²) in [6.07, 6.45) is 0.320. The molecule has 1 fully saturated rings. The predicted octanol–water partition coefficient (Wildman–Crippen LogP) is 3.16. The van der Waals surface area contributed by atoms with Crippen LogP contribution in [0.5, 0.6) is 5.75 Å². The first kappa shape index (κ1) is 20.4. The number of hydrogen-bond acceptors (Lipinski definition) is 5. The van der Waals surface area contributed by atoms with E-state index in [-0.39, 0.29) is 11.9 Å². The van der Waals surface area contributed by atoms with Gasteiger partial charge in [0.05, 0.1) is 32.3 Å². The van der Waals surface area contributed by atoms with Gasteiger partial charge in [0.2, 0.25) is 5.91 Å². The van der Waals surface area contributed by atoms with Gasteiger partial charge >= 0.3 is 0 Å². The average molecular weight is 386 g/mol. The van der Waals surface area contributed by atoms with Crippen molar-refractivity contribution >= 4 is 5.91 Å². The molecule has 0 saturated carbocycles. The number of furan rings is 1. The van der Waals surface area contributed by atoms with Crippen molar-refractivity contribution in [2.24, 2.45) is 0 Å². The molecule has 0 radical (unpaired) electrons. The van der Waals surface area contributed by atoms with E-state index in [9.17, 15) is 4.79 Å². The topological polar surface area (TPSA) is 63.9 Å². The van der Waals surface area contributed by atoms with Gasteiger partial charge in [0, 0.05) is 19.6 Å². The van der Waals surface area contributed by atoms with E-state index in [1.165, 1.54) is 5.56 Å². The average Bonchev–Trinajstić information content (AvgIpc) is 3.10. The minimum atomic E-state index is -0.0219. The largest absolute Gasteiger partial charge is 0.493 e. The molecular weight excluding hydrogens is 356 g/mol. The lowest BCUT2D eigenvalue weighted by Gasteiger charge is -2.33. The van der Waals surface area contributed by atoms with Gasteiger partial charge in [-0.05, 0) is 44.5 Å². The van der Waals surface area contributed by atoms with Gasteiger partial charge in [0.15, 0.2) is 0 Å². The zero-order valence-corrected chi connectivity index (χ0v) is 17.0. The van der Waals surface area contributed by atoms with Gasteiger partial charge in [-0.25, -0.2) is 0 Å². The molecule has 6 heteroatoms. The Bertz CT molecular complexity index is 781. The summed E-state index contributed by atoms with van der Waals surface area (Å²) in [6.45, 7) is 9.93. The first-order valence-corrected chi connectivity index (χ1v) is 9.88. The molecule has 1 aromatic carbocycles. The molecular formula is C22H30N2O4. The fourth-order valence-corrected chi connectivity index (χ4v) is 3.45. The lowest BCUT2D eigenvalue weighted by Crippen LogP contribution is -2.43. The van der Waals surface area contributed by atoms with Crippen LogP contribution in [0.15, 0.2) is 34.7 Å². The van der Waals surface area contributed by atoms with Crippen molar-refractivity contribution in [3.05, 3.63) is 53.0 Å². The van der Waals surface area contributed by atoms with Gasteiger partial charge in [-0.2, -0.15) is 0 Å². The molecule has 1 atom stereocenters. The van der Waals surface area contributed by atoms with E-state index < -0.39 is 0 Å². The van der Waals surface area contributed by atoms with E-state index in [1.54, 1.807) is 0 Å². The molecule has 0 aliphatic carbocycles. The quantitative estimate of drug-likeness (QED) is 0.755. The van der Waals surface area contributed by atoms with Crippen LogP contribution < -0.4 is 10.1 Å². The first-order valence-electron chi connectivity index (χ1n) is 9.88. The number of nitrogens with zero attached hydrogens (tertiary/aromatic N) is 1. The third kappa shape index (κ3) is 5.59. The lowest BCUT2D eigenvalue weighted by molar-refractivity contribution is -0.122.